The van der Waals surface area contributed by atoms with Crippen molar-refractivity contribution in [2.75, 3.05) is 0 Å². The summed E-state index contributed by atoms with van der Waals surface area (Å²) < 4.78 is 2.35. The number of para-hydroxylation sites is 2. The van der Waals surface area contributed by atoms with E-state index in [2.05, 4.69) is 183 Å². The highest BCUT2D eigenvalue weighted by Crippen LogP contribution is 2.44. The van der Waals surface area contributed by atoms with E-state index in [1.807, 2.05) is 18.3 Å². The molecule has 7 aromatic carbocycles. The zero-order valence-electron chi connectivity index (χ0n) is 30.1. The predicted octanol–water partition coefficient (Wildman–Crippen LogP) is 13.8. The monoisotopic (exact) mass is 668 g/mol. The van der Waals surface area contributed by atoms with Crippen molar-refractivity contribution in [1.82, 2.24) is 9.55 Å². The molecule has 0 saturated carbocycles. The molecule has 0 unspecified atom stereocenters. The standard InChI is InChI=1S/C50H40N2/c1-32(13-12-14-33(2)52-46-18-8-6-15-39(46)40-16-7-9-19-47(40)52)43-31-44(34-20-22-35(23-21-34)45-17-10-11-28-51-45)42-27-25-37-30-38(50(3,4)5)29-36-24-26-41(43)49(42)48(36)37/h6-31H,1H2,2-5H3/b13-12-,33-14+. The van der Waals surface area contributed by atoms with Crippen LogP contribution in [0.2, 0.25) is 0 Å². The minimum Gasteiger partial charge on any atom is -0.313 e. The molecule has 52 heavy (non-hydrogen) atoms. The van der Waals surface area contributed by atoms with Gasteiger partial charge in [-0.1, -0.05) is 143 Å². The van der Waals surface area contributed by atoms with Crippen LogP contribution in [0.25, 0.3) is 87.8 Å². The first-order chi connectivity index (χ1) is 25.3. The zero-order valence-corrected chi connectivity index (χ0v) is 30.1. The number of pyridine rings is 1. The van der Waals surface area contributed by atoms with Crippen LogP contribution in [-0.2, 0) is 5.41 Å². The Kier molecular flexibility index (Phi) is 7.45. The molecule has 0 aliphatic heterocycles. The molecule has 0 spiro atoms. The Morgan fingerprint density at radius 1 is 0.635 bits per heavy atom. The van der Waals surface area contributed by atoms with Crippen molar-refractivity contribution < 1.29 is 0 Å². The molecule has 2 heteroatoms. The minimum atomic E-state index is 0.0556. The van der Waals surface area contributed by atoms with Gasteiger partial charge in [-0.05, 0) is 109 Å². The average molecular weight is 669 g/mol. The first kappa shape index (κ1) is 31.7. The van der Waals surface area contributed by atoms with Crippen molar-refractivity contribution in [1.29, 1.82) is 0 Å². The molecule has 9 rings (SSSR count). The lowest BCUT2D eigenvalue weighted by Gasteiger charge is -2.23. The molecule has 0 aliphatic rings. The second kappa shape index (κ2) is 12.2. The number of nitrogens with zero attached hydrogens (tertiary/aromatic N) is 2. The molecule has 250 valence electrons. The molecule has 9 aromatic rings. The molecule has 0 N–H and O–H groups in total. The van der Waals surface area contributed by atoms with Crippen molar-refractivity contribution in [2.24, 2.45) is 0 Å². The van der Waals surface area contributed by atoms with E-state index < -0.39 is 0 Å². The number of hydrogen-bond acceptors (Lipinski definition) is 1. The Balaban J connectivity index is 1.19. The molecule has 0 radical (unpaired) electrons. The van der Waals surface area contributed by atoms with Gasteiger partial charge in [-0.25, -0.2) is 0 Å². The molecule has 0 saturated heterocycles. The van der Waals surface area contributed by atoms with Crippen LogP contribution >= 0.6 is 0 Å². The van der Waals surface area contributed by atoms with Gasteiger partial charge in [0.15, 0.2) is 0 Å². The van der Waals surface area contributed by atoms with Gasteiger partial charge in [0.2, 0.25) is 0 Å². The number of fused-ring (bicyclic) bond motifs is 3. The van der Waals surface area contributed by atoms with Gasteiger partial charge in [0, 0.05) is 28.2 Å². The summed E-state index contributed by atoms with van der Waals surface area (Å²) in [6.07, 6.45) is 8.36. The van der Waals surface area contributed by atoms with Crippen LogP contribution in [0.4, 0.5) is 0 Å². The van der Waals surface area contributed by atoms with E-state index in [0.717, 1.165) is 28.1 Å². The third-order valence-electron chi connectivity index (χ3n) is 10.7. The highest BCUT2D eigenvalue weighted by molar-refractivity contribution is 6.27. The third-order valence-corrected chi connectivity index (χ3v) is 10.7. The molecule has 0 amide bonds. The molecule has 0 bridgehead atoms. The Morgan fingerprint density at radius 2 is 1.25 bits per heavy atom. The Bertz CT molecular complexity index is 2800. The molecule has 0 atom stereocenters. The van der Waals surface area contributed by atoms with Gasteiger partial charge in [0.1, 0.15) is 0 Å². The number of benzene rings is 7. The van der Waals surface area contributed by atoms with Gasteiger partial charge >= 0.3 is 0 Å². The van der Waals surface area contributed by atoms with E-state index in [1.54, 1.807) is 0 Å². The van der Waals surface area contributed by atoms with Gasteiger partial charge < -0.3 is 4.57 Å². The van der Waals surface area contributed by atoms with E-state index in [1.165, 1.54) is 70.8 Å². The summed E-state index contributed by atoms with van der Waals surface area (Å²) in [6, 6.07) is 48.5. The number of allylic oxidation sites excluding steroid dienone is 5. The van der Waals surface area contributed by atoms with E-state index in [4.69, 9.17) is 0 Å². The highest BCUT2D eigenvalue weighted by atomic mass is 15.0. The predicted molar refractivity (Wildman–Crippen MR) is 225 cm³/mol. The quantitative estimate of drug-likeness (QED) is 0.127. The highest BCUT2D eigenvalue weighted by Gasteiger charge is 2.20. The fraction of sp³-hybridized carbons (Fsp3) is 0.100. The fourth-order valence-corrected chi connectivity index (χ4v) is 7.98. The summed E-state index contributed by atoms with van der Waals surface area (Å²) in [4.78, 5) is 4.58. The molecule has 0 fully saturated rings. The van der Waals surface area contributed by atoms with E-state index in [9.17, 15) is 0 Å². The maximum Gasteiger partial charge on any atom is 0.0701 e. The number of hydrogen-bond donors (Lipinski definition) is 0. The van der Waals surface area contributed by atoms with Gasteiger partial charge in [-0.15, -0.1) is 0 Å². The normalized spacial score (nSPS) is 12.7. The lowest BCUT2D eigenvalue weighted by molar-refractivity contribution is 0.591. The van der Waals surface area contributed by atoms with Gasteiger partial charge in [0.25, 0.3) is 0 Å². The van der Waals surface area contributed by atoms with E-state index in [0.29, 0.717) is 0 Å². The van der Waals surface area contributed by atoms with Gasteiger partial charge in [-0.3, -0.25) is 4.98 Å². The van der Waals surface area contributed by atoms with Crippen LogP contribution in [-0.4, -0.2) is 9.55 Å². The summed E-state index contributed by atoms with van der Waals surface area (Å²) in [6.45, 7) is 13.7. The number of rotatable bonds is 6. The van der Waals surface area contributed by atoms with Crippen molar-refractivity contribution in [2.45, 2.75) is 33.1 Å². The Hall–Kier alpha value is -6.25. The maximum absolute atomic E-state index is 4.67. The summed E-state index contributed by atoms with van der Waals surface area (Å²) in [7, 11) is 0. The van der Waals surface area contributed by atoms with Crippen LogP contribution < -0.4 is 0 Å². The van der Waals surface area contributed by atoms with E-state index >= 15 is 0 Å². The smallest absolute Gasteiger partial charge is 0.0701 e. The molecule has 2 heterocycles. The summed E-state index contributed by atoms with van der Waals surface area (Å²) in [5, 5.41) is 10.2. The van der Waals surface area contributed by atoms with Crippen molar-refractivity contribution in [3.63, 3.8) is 0 Å². The van der Waals surface area contributed by atoms with Crippen molar-refractivity contribution >= 4 is 65.4 Å². The third kappa shape index (κ3) is 5.22. The fourth-order valence-electron chi connectivity index (χ4n) is 7.98. The molecule has 2 aromatic heterocycles. The maximum atomic E-state index is 4.67. The average Bonchev–Trinajstić information content (AvgIpc) is 3.51. The van der Waals surface area contributed by atoms with Crippen LogP contribution in [0.3, 0.4) is 0 Å². The Labute approximate surface area is 305 Å². The largest absolute Gasteiger partial charge is 0.313 e. The summed E-state index contributed by atoms with van der Waals surface area (Å²) in [5.41, 5.74) is 11.6. The SMILES string of the molecule is C=C(/C=C\C=C(/C)n1c2ccccc2c2ccccc21)c1cc(-c2ccc(-c3ccccn3)cc2)c2ccc3cc(C(C)(C)C)cc4ccc1c2c43. The lowest BCUT2D eigenvalue weighted by atomic mass is 9.81. The molecule has 0 aliphatic carbocycles. The molecular weight excluding hydrogens is 629 g/mol. The second-order valence-corrected chi connectivity index (χ2v) is 15.0. The van der Waals surface area contributed by atoms with Crippen molar-refractivity contribution in [3.05, 3.63) is 176 Å². The lowest BCUT2D eigenvalue weighted by Crippen LogP contribution is -2.10. The Morgan fingerprint density at radius 3 is 1.88 bits per heavy atom. The first-order valence-electron chi connectivity index (χ1n) is 18.1. The van der Waals surface area contributed by atoms with Crippen LogP contribution in [0.1, 0.15) is 38.8 Å². The summed E-state index contributed by atoms with van der Waals surface area (Å²) >= 11 is 0. The molecule has 2 nitrogen and oxygen atoms in total. The minimum absolute atomic E-state index is 0.0556. The van der Waals surface area contributed by atoms with Crippen LogP contribution in [0.5, 0.6) is 0 Å². The van der Waals surface area contributed by atoms with Crippen LogP contribution in [0.15, 0.2) is 164 Å². The second-order valence-electron chi connectivity index (χ2n) is 15.0. The van der Waals surface area contributed by atoms with Crippen LogP contribution in [0, 0.1) is 0 Å². The first-order valence-corrected chi connectivity index (χ1v) is 18.1. The summed E-state index contributed by atoms with van der Waals surface area (Å²) in [5.74, 6) is 0. The van der Waals surface area contributed by atoms with E-state index in [-0.39, 0.29) is 5.41 Å². The zero-order chi connectivity index (χ0) is 35.6. The van der Waals surface area contributed by atoms with Gasteiger partial charge in [-0.2, -0.15) is 0 Å². The van der Waals surface area contributed by atoms with Crippen molar-refractivity contribution in [3.8, 4) is 22.4 Å². The van der Waals surface area contributed by atoms with Gasteiger partial charge in [0.05, 0.1) is 16.7 Å². The topological polar surface area (TPSA) is 17.8 Å². The number of aromatic nitrogens is 2. The molecular formula is C50H40N2.